The molecule has 0 aliphatic carbocycles. The van der Waals surface area contributed by atoms with E-state index in [1.54, 1.807) is 6.92 Å². The molecule has 110 valence electrons. The summed E-state index contributed by atoms with van der Waals surface area (Å²) >= 11 is 0. The summed E-state index contributed by atoms with van der Waals surface area (Å²) in [5.74, 6) is 1.80. The molecule has 1 aromatic carbocycles. The van der Waals surface area contributed by atoms with E-state index < -0.39 is 0 Å². The third-order valence-corrected chi connectivity index (χ3v) is 3.78. The van der Waals surface area contributed by atoms with Gasteiger partial charge in [0, 0.05) is 19.5 Å². The molecule has 0 atom stereocenters. The SMILES string of the molecule is CC(=O)CCCN1CC(Oc2ccc(C(C)C)cc2)C1. The van der Waals surface area contributed by atoms with E-state index in [1.807, 2.05) is 0 Å². The molecule has 3 nitrogen and oxygen atoms in total. The Hall–Kier alpha value is -1.35. The number of likely N-dealkylation sites (tertiary alicyclic amines) is 1. The van der Waals surface area contributed by atoms with Crippen molar-refractivity contribution in [2.24, 2.45) is 0 Å². The molecule has 0 aromatic heterocycles. The molecular weight excluding hydrogens is 250 g/mol. The van der Waals surface area contributed by atoms with Gasteiger partial charge in [0.1, 0.15) is 17.6 Å². The first-order valence-corrected chi connectivity index (χ1v) is 7.53. The van der Waals surface area contributed by atoms with Gasteiger partial charge in [0.15, 0.2) is 0 Å². The monoisotopic (exact) mass is 275 g/mol. The molecule has 0 radical (unpaired) electrons. The van der Waals surface area contributed by atoms with Crippen LogP contribution >= 0.6 is 0 Å². The van der Waals surface area contributed by atoms with Crippen molar-refractivity contribution >= 4 is 5.78 Å². The lowest BCUT2D eigenvalue weighted by molar-refractivity contribution is -0.117. The first-order valence-electron chi connectivity index (χ1n) is 7.53. The van der Waals surface area contributed by atoms with Crippen LogP contribution in [0.3, 0.4) is 0 Å². The average molecular weight is 275 g/mol. The van der Waals surface area contributed by atoms with Crippen LogP contribution in [-0.2, 0) is 4.79 Å². The number of ketones is 1. The standard InChI is InChI=1S/C17H25NO2/c1-13(2)15-6-8-16(9-7-15)20-17-11-18(12-17)10-4-5-14(3)19/h6-9,13,17H,4-5,10-12H2,1-3H3. The van der Waals surface area contributed by atoms with E-state index >= 15 is 0 Å². The third-order valence-electron chi connectivity index (χ3n) is 3.78. The van der Waals surface area contributed by atoms with Gasteiger partial charge >= 0.3 is 0 Å². The van der Waals surface area contributed by atoms with Gasteiger partial charge in [-0.25, -0.2) is 0 Å². The van der Waals surface area contributed by atoms with Crippen molar-refractivity contribution in [1.82, 2.24) is 4.90 Å². The molecule has 0 unspecified atom stereocenters. The molecular formula is C17H25NO2. The average Bonchev–Trinajstić information content (AvgIpc) is 2.35. The summed E-state index contributed by atoms with van der Waals surface area (Å²) in [6.07, 6.45) is 1.96. The van der Waals surface area contributed by atoms with Crippen molar-refractivity contribution in [3.63, 3.8) is 0 Å². The zero-order chi connectivity index (χ0) is 14.5. The predicted octanol–water partition coefficient (Wildman–Crippen LogP) is 3.24. The highest BCUT2D eigenvalue weighted by molar-refractivity contribution is 5.75. The third kappa shape index (κ3) is 4.34. The minimum absolute atomic E-state index is 0.281. The van der Waals surface area contributed by atoms with Crippen molar-refractivity contribution in [2.75, 3.05) is 19.6 Å². The second-order valence-electron chi connectivity index (χ2n) is 6.03. The number of ether oxygens (including phenoxy) is 1. The quantitative estimate of drug-likeness (QED) is 0.765. The van der Waals surface area contributed by atoms with Crippen LogP contribution in [0.1, 0.15) is 45.1 Å². The van der Waals surface area contributed by atoms with Gasteiger partial charge < -0.3 is 9.53 Å². The first-order chi connectivity index (χ1) is 9.54. The Balaban J connectivity index is 1.68. The van der Waals surface area contributed by atoms with E-state index in [2.05, 4.69) is 43.0 Å². The van der Waals surface area contributed by atoms with Crippen LogP contribution in [0, 0.1) is 0 Å². The van der Waals surface area contributed by atoms with Crippen LogP contribution in [0.2, 0.25) is 0 Å². The maximum Gasteiger partial charge on any atom is 0.129 e. The second kappa shape index (κ2) is 6.89. The van der Waals surface area contributed by atoms with Crippen LogP contribution in [-0.4, -0.2) is 36.4 Å². The number of hydrogen-bond donors (Lipinski definition) is 0. The highest BCUT2D eigenvalue weighted by Crippen LogP contribution is 2.21. The fourth-order valence-electron chi connectivity index (χ4n) is 2.45. The van der Waals surface area contributed by atoms with E-state index in [0.717, 1.165) is 31.8 Å². The predicted molar refractivity (Wildman–Crippen MR) is 81.3 cm³/mol. The van der Waals surface area contributed by atoms with Crippen molar-refractivity contribution < 1.29 is 9.53 Å². The molecule has 1 heterocycles. The van der Waals surface area contributed by atoms with Gasteiger partial charge in [-0.05, 0) is 43.5 Å². The maximum absolute atomic E-state index is 10.9. The lowest BCUT2D eigenvalue weighted by Gasteiger charge is -2.39. The van der Waals surface area contributed by atoms with Crippen molar-refractivity contribution in [1.29, 1.82) is 0 Å². The summed E-state index contributed by atoms with van der Waals surface area (Å²) in [6.45, 7) is 9.00. The normalized spacial score (nSPS) is 16.2. The Morgan fingerprint density at radius 3 is 2.50 bits per heavy atom. The number of carbonyl (C=O) groups is 1. The molecule has 1 aliphatic heterocycles. The molecule has 3 heteroatoms. The van der Waals surface area contributed by atoms with Crippen molar-refractivity contribution in [3.8, 4) is 5.75 Å². The minimum atomic E-state index is 0.281. The highest BCUT2D eigenvalue weighted by atomic mass is 16.5. The van der Waals surface area contributed by atoms with Crippen LogP contribution in [0.5, 0.6) is 5.75 Å². The van der Waals surface area contributed by atoms with E-state index in [-0.39, 0.29) is 5.78 Å². The van der Waals surface area contributed by atoms with E-state index in [1.165, 1.54) is 5.56 Å². The Kier molecular flexibility index (Phi) is 5.18. The largest absolute Gasteiger partial charge is 0.488 e. The summed E-state index contributed by atoms with van der Waals surface area (Å²) in [4.78, 5) is 13.2. The Labute approximate surface area is 121 Å². The van der Waals surface area contributed by atoms with Gasteiger partial charge in [-0.3, -0.25) is 4.90 Å². The molecule has 0 amide bonds. The highest BCUT2D eigenvalue weighted by Gasteiger charge is 2.27. The fourth-order valence-corrected chi connectivity index (χ4v) is 2.45. The van der Waals surface area contributed by atoms with Gasteiger partial charge in [0.05, 0.1) is 0 Å². The number of benzene rings is 1. The molecule has 0 N–H and O–H groups in total. The summed E-state index contributed by atoms with van der Waals surface area (Å²) in [6, 6.07) is 8.41. The molecule has 0 bridgehead atoms. The minimum Gasteiger partial charge on any atom is -0.488 e. The zero-order valence-corrected chi connectivity index (χ0v) is 12.8. The molecule has 1 fully saturated rings. The molecule has 20 heavy (non-hydrogen) atoms. The molecule has 1 saturated heterocycles. The van der Waals surface area contributed by atoms with E-state index in [9.17, 15) is 4.79 Å². The summed E-state index contributed by atoms with van der Waals surface area (Å²) < 4.78 is 5.93. The zero-order valence-electron chi connectivity index (χ0n) is 12.8. The number of Topliss-reactive ketones (excluding diaryl/α,β-unsaturated/α-hetero) is 1. The van der Waals surface area contributed by atoms with Crippen molar-refractivity contribution in [2.45, 2.75) is 45.6 Å². The molecule has 1 aliphatic rings. The van der Waals surface area contributed by atoms with Crippen molar-refractivity contribution in [3.05, 3.63) is 29.8 Å². The maximum atomic E-state index is 10.9. The molecule has 1 aromatic rings. The van der Waals surface area contributed by atoms with Crippen LogP contribution < -0.4 is 4.74 Å². The summed E-state index contributed by atoms with van der Waals surface area (Å²) in [5, 5.41) is 0. The number of carbonyl (C=O) groups excluding carboxylic acids is 1. The van der Waals surface area contributed by atoms with Gasteiger partial charge in [0.2, 0.25) is 0 Å². The molecule has 0 saturated carbocycles. The van der Waals surface area contributed by atoms with E-state index in [0.29, 0.717) is 18.4 Å². The lowest BCUT2D eigenvalue weighted by Crippen LogP contribution is -2.53. The van der Waals surface area contributed by atoms with Gasteiger partial charge in [-0.1, -0.05) is 26.0 Å². The lowest BCUT2D eigenvalue weighted by atomic mass is 10.0. The Morgan fingerprint density at radius 1 is 1.30 bits per heavy atom. The van der Waals surface area contributed by atoms with Crippen LogP contribution in [0.4, 0.5) is 0 Å². The van der Waals surface area contributed by atoms with Crippen LogP contribution in [0.15, 0.2) is 24.3 Å². The van der Waals surface area contributed by atoms with E-state index in [4.69, 9.17) is 4.74 Å². The smallest absolute Gasteiger partial charge is 0.129 e. The Morgan fingerprint density at radius 2 is 1.95 bits per heavy atom. The number of nitrogens with zero attached hydrogens (tertiary/aromatic N) is 1. The topological polar surface area (TPSA) is 29.5 Å². The molecule has 2 rings (SSSR count). The second-order valence-corrected chi connectivity index (χ2v) is 6.03. The number of rotatable bonds is 7. The first kappa shape index (κ1) is 15.0. The van der Waals surface area contributed by atoms with Gasteiger partial charge in [0.25, 0.3) is 0 Å². The number of hydrogen-bond acceptors (Lipinski definition) is 3. The Bertz CT molecular complexity index is 433. The fraction of sp³-hybridized carbons (Fsp3) is 0.588. The van der Waals surface area contributed by atoms with Gasteiger partial charge in [-0.15, -0.1) is 0 Å². The van der Waals surface area contributed by atoms with Gasteiger partial charge in [-0.2, -0.15) is 0 Å². The molecule has 0 spiro atoms. The summed E-state index contributed by atoms with van der Waals surface area (Å²) in [7, 11) is 0. The van der Waals surface area contributed by atoms with Crippen LogP contribution in [0.25, 0.3) is 0 Å². The summed E-state index contributed by atoms with van der Waals surface area (Å²) in [5.41, 5.74) is 1.34.